The Bertz CT molecular complexity index is 1410. The van der Waals surface area contributed by atoms with E-state index in [0.29, 0.717) is 24.3 Å². The molecule has 15 heteroatoms. The number of fused-ring (bicyclic) bond motifs is 1. The molecule has 2 amide bonds. The van der Waals surface area contributed by atoms with Gasteiger partial charge in [-0.2, -0.15) is 5.10 Å². The third-order valence-electron chi connectivity index (χ3n) is 5.29. The number of carbonyl (C=O) groups excluding carboxylic acids is 2. The molecule has 4 N–H and O–H groups in total. The largest absolute Gasteiger partial charge is 0.573 e. The number of anilines is 1. The Labute approximate surface area is 218 Å². The van der Waals surface area contributed by atoms with Crippen LogP contribution in [0.25, 0.3) is 16.6 Å². The standard InChI is InChI=1S/C23H22ClF3N8O3/c24-17-7-14(1-2-20(17)38-23(25,26)27)10-28-5-3-21(36)29-6-4-22(37)33-18-8-15(35-12-31-32-13-35)9-19-16(18)11-30-34-19/h1-2,7-9,11-13,28H,3-6,10H2,(H,29,36)(H,30,34)(H,33,37). The molecule has 0 saturated heterocycles. The second-order valence-electron chi connectivity index (χ2n) is 8.08. The van der Waals surface area contributed by atoms with Gasteiger partial charge in [0.15, 0.2) is 0 Å². The number of nitrogens with one attached hydrogen (secondary N) is 4. The van der Waals surface area contributed by atoms with Crippen LogP contribution in [0, 0.1) is 0 Å². The predicted molar refractivity (Wildman–Crippen MR) is 132 cm³/mol. The molecule has 0 radical (unpaired) electrons. The van der Waals surface area contributed by atoms with Gasteiger partial charge in [0.1, 0.15) is 18.4 Å². The molecule has 0 aliphatic rings. The van der Waals surface area contributed by atoms with Crippen LogP contribution in [-0.4, -0.2) is 56.2 Å². The highest BCUT2D eigenvalue weighted by Crippen LogP contribution is 2.30. The third-order valence-corrected chi connectivity index (χ3v) is 5.58. The highest BCUT2D eigenvalue weighted by Gasteiger charge is 2.32. The molecular weight excluding hydrogens is 529 g/mol. The van der Waals surface area contributed by atoms with Crippen molar-refractivity contribution in [1.82, 2.24) is 35.6 Å². The van der Waals surface area contributed by atoms with Crippen LogP contribution >= 0.6 is 11.6 Å². The van der Waals surface area contributed by atoms with E-state index in [1.165, 1.54) is 24.8 Å². The zero-order valence-electron chi connectivity index (χ0n) is 19.7. The molecule has 2 aromatic carbocycles. The Balaban J connectivity index is 1.18. The molecule has 4 rings (SSSR count). The number of hydrogen-bond acceptors (Lipinski definition) is 7. The molecule has 0 aliphatic heterocycles. The lowest BCUT2D eigenvalue weighted by molar-refractivity contribution is -0.274. The fraction of sp³-hybridized carbons (Fsp3) is 0.261. The molecule has 4 aromatic rings. The van der Waals surface area contributed by atoms with E-state index in [9.17, 15) is 22.8 Å². The number of nitrogens with zero attached hydrogens (tertiary/aromatic N) is 4. The summed E-state index contributed by atoms with van der Waals surface area (Å²) in [6.07, 6.45) is 0.0428. The number of ether oxygens (including phenoxy) is 1. The zero-order valence-corrected chi connectivity index (χ0v) is 20.4. The Morgan fingerprint density at radius 2 is 1.82 bits per heavy atom. The normalized spacial score (nSPS) is 11.5. The van der Waals surface area contributed by atoms with E-state index in [4.69, 9.17) is 11.6 Å². The number of benzene rings is 2. The number of alkyl halides is 3. The molecule has 38 heavy (non-hydrogen) atoms. The molecule has 0 fully saturated rings. The summed E-state index contributed by atoms with van der Waals surface area (Å²) < 4.78 is 42.5. The van der Waals surface area contributed by atoms with Gasteiger partial charge in [0.2, 0.25) is 11.8 Å². The molecular formula is C23H22ClF3N8O3. The number of rotatable bonds is 11. The molecule has 0 atom stereocenters. The number of hydrogen-bond donors (Lipinski definition) is 4. The van der Waals surface area contributed by atoms with Crippen molar-refractivity contribution >= 4 is 40.0 Å². The van der Waals surface area contributed by atoms with Crippen LogP contribution in [0.3, 0.4) is 0 Å². The van der Waals surface area contributed by atoms with Crippen LogP contribution in [0.15, 0.2) is 49.2 Å². The van der Waals surface area contributed by atoms with E-state index < -0.39 is 12.1 Å². The van der Waals surface area contributed by atoms with Gasteiger partial charge >= 0.3 is 6.36 Å². The molecule has 200 valence electrons. The van der Waals surface area contributed by atoms with E-state index in [0.717, 1.165) is 22.7 Å². The number of amides is 2. The quantitative estimate of drug-likeness (QED) is 0.210. The van der Waals surface area contributed by atoms with Crippen LogP contribution in [0.2, 0.25) is 5.02 Å². The summed E-state index contributed by atoms with van der Waals surface area (Å²) in [5, 5.41) is 23.5. The van der Waals surface area contributed by atoms with Gasteiger partial charge in [-0.1, -0.05) is 17.7 Å². The summed E-state index contributed by atoms with van der Waals surface area (Å²) in [7, 11) is 0. The van der Waals surface area contributed by atoms with Gasteiger partial charge in [0, 0.05) is 37.9 Å². The van der Waals surface area contributed by atoms with Gasteiger partial charge in [0.25, 0.3) is 0 Å². The Kier molecular flexibility index (Phi) is 8.43. The van der Waals surface area contributed by atoms with Crippen molar-refractivity contribution in [1.29, 1.82) is 0 Å². The first-order valence-corrected chi connectivity index (χ1v) is 11.7. The summed E-state index contributed by atoms with van der Waals surface area (Å²) in [6, 6.07) is 7.55. The maximum absolute atomic E-state index is 12.5. The van der Waals surface area contributed by atoms with Crippen LogP contribution < -0.4 is 20.7 Å². The van der Waals surface area contributed by atoms with Gasteiger partial charge in [-0.3, -0.25) is 19.3 Å². The SMILES string of the molecule is O=C(CCNCc1ccc(OC(F)(F)F)c(Cl)c1)NCCC(=O)Nc1cc(-n2cnnc2)cc2[nH]ncc12. The first kappa shape index (κ1) is 26.9. The fourth-order valence-corrected chi connectivity index (χ4v) is 3.78. The average Bonchev–Trinajstić information content (AvgIpc) is 3.55. The van der Waals surface area contributed by atoms with Crippen LogP contribution in [0.4, 0.5) is 18.9 Å². The van der Waals surface area contributed by atoms with Gasteiger partial charge in [-0.15, -0.1) is 23.4 Å². The maximum atomic E-state index is 12.5. The van der Waals surface area contributed by atoms with Crippen molar-refractivity contribution in [2.45, 2.75) is 25.7 Å². The molecule has 11 nitrogen and oxygen atoms in total. The lowest BCUT2D eigenvalue weighted by Gasteiger charge is -2.12. The number of aromatic amines is 1. The number of carbonyl (C=O) groups is 2. The van der Waals surface area contributed by atoms with Crippen molar-refractivity contribution in [3.63, 3.8) is 0 Å². The van der Waals surface area contributed by atoms with Crippen LogP contribution in [0.1, 0.15) is 18.4 Å². The van der Waals surface area contributed by atoms with Crippen LogP contribution in [0.5, 0.6) is 5.75 Å². The number of aromatic nitrogens is 5. The van der Waals surface area contributed by atoms with E-state index in [-0.39, 0.29) is 36.2 Å². The lowest BCUT2D eigenvalue weighted by atomic mass is 10.2. The van der Waals surface area contributed by atoms with Gasteiger partial charge in [0.05, 0.1) is 28.1 Å². The van der Waals surface area contributed by atoms with Crippen LogP contribution in [-0.2, 0) is 16.1 Å². The fourth-order valence-electron chi connectivity index (χ4n) is 3.54. The minimum atomic E-state index is -4.83. The van der Waals surface area contributed by atoms with Crippen molar-refractivity contribution in [3.8, 4) is 11.4 Å². The molecule has 0 unspecified atom stereocenters. The summed E-state index contributed by atoms with van der Waals surface area (Å²) in [5.74, 6) is -1.03. The second kappa shape index (κ2) is 11.9. The highest BCUT2D eigenvalue weighted by atomic mass is 35.5. The summed E-state index contributed by atoms with van der Waals surface area (Å²) in [5.41, 5.74) is 2.64. The molecule has 2 heterocycles. The first-order chi connectivity index (χ1) is 18.2. The van der Waals surface area contributed by atoms with Crippen molar-refractivity contribution < 1.29 is 27.5 Å². The average molecular weight is 551 g/mol. The van der Waals surface area contributed by atoms with Gasteiger partial charge < -0.3 is 20.7 Å². The summed E-state index contributed by atoms with van der Waals surface area (Å²) in [6.45, 7) is 0.740. The van der Waals surface area contributed by atoms with Crippen molar-refractivity contribution in [2.75, 3.05) is 18.4 Å². The Morgan fingerprint density at radius 1 is 1.05 bits per heavy atom. The Hall–Kier alpha value is -4.17. The minimum absolute atomic E-state index is 0.0558. The van der Waals surface area contributed by atoms with E-state index in [2.05, 4.69) is 41.1 Å². The maximum Gasteiger partial charge on any atom is 0.573 e. The smallest absolute Gasteiger partial charge is 0.404 e. The zero-order chi connectivity index (χ0) is 27.1. The summed E-state index contributed by atoms with van der Waals surface area (Å²) in [4.78, 5) is 24.6. The molecule has 0 saturated carbocycles. The number of H-pyrrole nitrogens is 1. The van der Waals surface area contributed by atoms with Crippen molar-refractivity contribution in [2.24, 2.45) is 0 Å². The monoisotopic (exact) mass is 550 g/mol. The topological polar surface area (TPSA) is 139 Å². The molecule has 0 aliphatic carbocycles. The minimum Gasteiger partial charge on any atom is -0.404 e. The van der Waals surface area contributed by atoms with Crippen molar-refractivity contribution in [3.05, 3.63) is 59.8 Å². The van der Waals surface area contributed by atoms with E-state index in [1.807, 2.05) is 6.07 Å². The third kappa shape index (κ3) is 7.43. The van der Waals surface area contributed by atoms with E-state index in [1.54, 1.807) is 16.8 Å². The van der Waals surface area contributed by atoms with Gasteiger partial charge in [-0.05, 0) is 29.8 Å². The molecule has 0 bridgehead atoms. The van der Waals surface area contributed by atoms with E-state index >= 15 is 0 Å². The number of halogens is 4. The van der Waals surface area contributed by atoms with Gasteiger partial charge in [-0.25, -0.2) is 0 Å². The first-order valence-electron chi connectivity index (χ1n) is 11.3. The predicted octanol–water partition coefficient (Wildman–Crippen LogP) is 3.32. The lowest BCUT2D eigenvalue weighted by Crippen LogP contribution is -2.30. The highest BCUT2D eigenvalue weighted by molar-refractivity contribution is 6.32. The molecule has 2 aromatic heterocycles. The Morgan fingerprint density at radius 3 is 2.55 bits per heavy atom. The second-order valence-corrected chi connectivity index (χ2v) is 8.49. The summed E-state index contributed by atoms with van der Waals surface area (Å²) >= 11 is 5.83. The molecule has 0 spiro atoms.